The molecule has 0 saturated carbocycles. The average molecular weight is 512 g/mol. The molecular formula is C28H34FN3O5. The SMILES string of the molecule is CC1CN(C(=O)OC(C)(C)C)C(C(CNC(=O)OCc2ccccc2)c2c[nH]c3cc(F)ccc23)C1O. The van der Waals surface area contributed by atoms with Crippen molar-refractivity contribution in [1.82, 2.24) is 15.2 Å². The van der Waals surface area contributed by atoms with Crippen LogP contribution in [0.3, 0.4) is 0 Å². The minimum absolute atomic E-state index is 0.0751. The van der Waals surface area contributed by atoms with Crippen LogP contribution in [0.1, 0.15) is 44.7 Å². The van der Waals surface area contributed by atoms with Gasteiger partial charge in [-0.2, -0.15) is 0 Å². The Kier molecular flexibility index (Phi) is 7.73. The molecule has 4 rings (SSSR count). The molecule has 3 aromatic rings. The first-order valence-corrected chi connectivity index (χ1v) is 12.4. The molecule has 0 bridgehead atoms. The number of nitrogens with zero attached hydrogens (tertiary/aromatic N) is 1. The minimum Gasteiger partial charge on any atom is -0.445 e. The summed E-state index contributed by atoms with van der Waals surface area (Å²) in [7, 11) is 0. The molecule has 0 radical (unpaired) electrons. The number of aliphatic hydroxyl groups is 1. The highest BCUT2D eigenvalue weighted by atomic mass is 19.1. The van der Waals surface area contributed by atoms with E-state index in [-0.39, 0.29) is 24.9 Å². The normalized spacial score (nSPS) is 20.6. The first kappa shape index (κ1) is 26.5. The number of aromatic nitrogens is 1. The molecule has 37 heavy (non-hydrogen) atoms. The highest BCUT2D eigenvalue weighted by molar-refractivity contribution is 5.84. The number of hydrogen-bond donors (Lipinski definition) is 3. The van der Waals surface area contributed by atoms with Crippen LogP contribution in [-0.4, -0.2) is 58.0 Å². The van der Waals surface area contributed by atoms with Crippen molar-refractivity contribution in [2.24, 2.45) is 5.92 Å². The number of carbonyl (C=O) groups excluding carboxylic acids is 2. The second-order valence-corrected chi connectivity index (χ2v) is 10.6. The Morgan fingerprint density at radius 3 is 2.65 bits per heavy atom. The quantitative estimate of drug-likeness (QED) is 0.435. The predicted molar refractivity (Wildman–Crippen MR) is 138 cm³/mol. The lowest BCUT2D eigenvalue weighted by Gasteiger charge is -2.34. The van der Waals surface area contributed by atoms with Crippen molar-refractivity contribution in [3.8, 4) is 0 Å². The lowest BCUT2D eigenvalue weighted by molar-refractivity contribution is 0.0114. The van der Waals surface area contributed by atoms with Crippen molar-refractivity contribution in [3.05, 3.63) is 71.7 Å². The molecule has 1 fully saturated rings. The summed E-state index contributed by atoms with van der Waals surface area (Å²) in [5.74, 6) is -1.13. The van der Waals surface area contributed by atoms with Crippen molar-refractivity contribution in [1.29, 1.82) is 0 Å². The number of H-pyrrole nitrogens is 1. The summed E-state index contributed by atoms with van der Waals surface area (Å²) in [5, 5.41) is 14.8. The number of amides is 2. The van der Waals surface area contributed by atoms with Crippen molar-refractivity contribution in [2.75, 3.05) is 13.1 Å². The molecule has 2 heterocycles. The number of likely N-dealkylation sites (tertiary alicyclic amines) is 1. The Morgan fingerprint density at radius 2 is 1.95 bits per heavy atom. The van der Waals surface area contributed by atoms with Gasteiger partial charge in [-0.1, -0.05) is 37.3 Å². The Hall–Kier alpha value is -3.59. The van der Waals surface area contributed by atoms with Crippen LogP contribution >= 0.6 is 0 Å². The first-order valence-electron chi connectivity index (χ1n) is 12.4. The number of ether oxygens (including phenoxy) is 2. The van der Waals surface area contributed by atoms with Gasteiger partial charge in [0.25, 0.3) is 0 Å². The molecule has 2 amide bonds. The third-order valence-electron chi connectivity index (χ3n) is 6.57. The van der Waals surface area contributed by atoms with Crippen LogP contribution in [0.15, 0.2) is 54.7 Å². The van der Waals surface area contributed by atoms with Gasteiger partial charge >= 0.3 is 12.2 Å². The summed E-state index contributed by atoms with van der Waals surface area (Å²) >= 11 is 0. The molecule has 1 aliphatic heterocycles. The van der Waals surface area contributed by atoms with E-state index in [2.05, 4.69) is 10.3 Å². The summed E-state index contributed by atoms with van der Waals surface area (Å²) in [4.78, 5) is 30.4. The van der Waals surface area contributed by atoms with Crippen LogP contribution in [0.5, 0.6) is 0 Å². The summed E-state index contributed by atoms with van der Waals surface area (Å²) < 4.78 is 24.9. The zero-order chi connectivity index (χ0) is 26.7. The molecule has 2 aromatic carbocycles. The van der Waals surface area contributed by atoms with Crippen LogP contribution in [-0.2, 0) is 16.1 Å². The van der Waals surface area contributed by atoms with E-state index >= 15 is 0 Å². The molecule has 1 saturated heterocycles. The van der Waals surface area contributed by atoms with E-state index in [1.807, 2.05) is 37.3 Å². The monoisotopic (exact) mass is 511 g/mol. The summed E-state index contributed by atoms with van der Waals surface area (Å²) in [6.45, 7) is 7.70. The van der Waals surface area contributed by atoms with Crippen molar-refractivity contribution < 1.29 is 28.6 Å². The van der Waals surface area contributed by atoms with Crippen LogP contribution in [0.2, 0.25) is 0 Å². The number of fused-ring (bicyclic) bond motifs is 1. The summed E-state index contributed by atoms with van der Waals surface area (Å²) in [5.41, 5.74) is 1.45. The Balaban J connectivity index is 1.61. The van der Waals surface area contributed by atoms with Gasteiger partial charge in [0.05, 0.1) is 12.1 Å². The molecule has 1 aliphatic rings. The second kappa shape index (κ2) is 10.8. The fraction of sp³-hybridized carbons (Fsp3) is 0.429. The van der Waals surface area contributed by atoms with Gasteiger partial charge in [0.1, 0.15) is 18.0 Å². The van der Waals surface area contributed by atoms with Gasteiger partial charge in [-0.3, -0.25) is 0 Å². The van der Waals surface area contributed by atoms with Crippen molar-refractivity contribution in [2.45, 2.75) is 58.0 Å². The van der Waals surface area contributed by atoms with E-state index in [9.17, 15) is 19.1 Å². The molecule has 4 atom stereocenters. The van der Waals surface area contributed by atoms with Gasteiger partial charge in [-0.15, -0.1) is 0 Å². The van der Waals surface area contributed by atoms with Gasteiger partial charge in [-0.25, -0.2) is 14.0 Å². The highest BCUT2D eigenvalue weighted by Crippen LogP contribution is 2.38. The van der Waals surface area contributed by atoms with Crippen molar-refractivity contribution >= 4 is 23.1 Å². The molecule has 8 nitrogen and oxygen atoms in total. The smallest absolute Gasteiger partial charge is 0.410 e. The Labute approximate surface area is 215 Å². The Morgan fingerprint density at radius 1 is 1.22 bits per heavy atom. The predicted octanol–water partition coefficient (Wildman–Crippen LogP) is 4.93. The maximum absolute atomic E-state index is 13.9. The third-order valence-corrected chi connectivity index (χ3v) is 6.57. The highest BCUT2D eigenvalue weighted by Gasteiger charge is 2.47. The Bertz CT molecular complexity index is 1240. The number of nitrogens with one attached hydrogen (secondary N) is 2. The van der Waals surface area contributed by atoms with Crippen LogP contribution in [0.25, 0.3) is 10.9 Å². The van der Waals surface area contributed by atoms with E-state index in [0.29, 0.717) is 12.1 Å². The van der Waals surface area contributed by atoms with Gasteiger partial charge in [0, 0.05) is 42.0 Å². The number of halogens is 1. The fourth-order valence-electron chi connectivity index (χ4n) is 4.84. The van der Waals surface area contributed by atoms with Gasteiger partial charge in [0.15, 0.2) is 0 Å². The maximum atomic E-state index is 13.9. The van der Waals surface area contributed by atoms with Gasteiger partial charge < -0.3 is 29.8 Å². The molecule has 1 aromatic heterocycles. The molecule has 4 unspecified atom stereocenters. The molecular weight excluding hydrogens is 477 g/mol. The number of benzene rings is 2. The summed E-state index contributed by atoms with van der Waals surface area (Å²) in [6.07, 6.45) is -0.299. The van der Waals surface area contributed by atoms with E-state index < -0.39 is 35.9 Å². The lowest BCUT2D eigenvalue weighted by atomic mass is 9.86. The van der Waals surface area contributed by atoms with E-state index in [0.717, 1.165) is 16.5 Å². The maximum Gasteiger partial charge on any atom is 0.410 e. The lowest BCUT2D eigenvalue weighted by Crippen LogP contribution is -2.48. The molecule has 0 spiro atoms. The van der Waals surface area contributed by atoms with E-state index in [1.54, 1.807) is 33.0 Å². The van der Waals surface area contributed by atoms with Gasteiger partial charge in [-0.05, 0) is 50.1 Å². The standard InChI is InChI=1S/C28H34FN3O5/c1-17-15-32(27(35)37-28(2,3)4)24(25(17)33)22(21-13-30-23-12-19(29)10-11-20(21)23)14-31-26(34)36-16-18-8-6-5-7-9-18/h5-13,17,22,24-25,30,33H,14-16H2,1-4H3,(H,31,34). The van der Waals surface area contributed by atoms with Crippen LogP contribution in [0, 0.1) is 11.7 Å². The first-order chi connectivity index (χ1) is 17.5. The zero-order valence-electron chi connectivity index (χ0n) is 21.5. The molecule has 0 aliphatic carbocycles. The molecule has 198 valence electrons. The third kappa shape index (κ3) is 6.22. The second-order valence-electron chi connectivity index (χ2n) is 10.6. The largest absolute Gasteiger partial charge is 0.445 e. The number of aromatic amines is 1. The average Bonchev–Trinajstić information content (AvgIpc) is 3.38. The number of rotatable bonds is 6. The number of alkyl carbamates (subject to hydrolysis) is 1. The van der Waals surface area contributed by atoms with E-state index in [4.69, 9.17) is 9.47 Å². The molecule has 9 heteroatoms. The molecule has 3 N–H and O–H groups in total. The fourth-order valence-corrected chi connectivity index (χ4v) is 4.84. The number of hydrogen-bond acceptors (Lipinski definition) is 5. The van der Waals surface area contributed by atoms with Crippen LogP contribution < -0.4 is 5.32 Å². The topological polar surface area (TPSA) is 104 Å². The van der Waals surface area contributed by atoms with Crippen molar-refractivity contribution in [3.63, 3.8) is 0 Å². The minimum atomic E-state index is -0.870. The summed E-state index contributed by atoms with van der Waals surface area (Å²) in [6, 6.07) is 13.0. The number of carbonyl (C=O) groups is 2. The zero-order valence-corrected chi connectivity index (χ0v) is 21.5. The number of aliphatic hydroxyl groups excluding tert-OH is 1. The van der Waals surface area contributed by atoms with Crippen LogP contribution in [0.4, 0.5) is 14.0 Å². The van der Waals surface area contributed by atoms with E-state index in [1.165, 1.54) is 17.0 Å². The van der Waals surface area contributed by atoms with Gasteiger partial charge in [0.2, 0.25) is 0 Å².